The van der Waals surface area contributed by atoms with Crippen molar-refractivity contribution in [1.29, 1.82) is 0 Å². The van der Waals surface area contributed by atoms with Gasteiger partial charge in [-0.3, -0.25) is 0 Å². The molecule has 1 aromatic carbocycles. The Labute approximate surface area is 107 Å². The summed E-state index contributed by atoms with van der Waals surface area (Å²) in [6, 6.07) is 3.02. The van der Waals surface area contributed by atoms with Gasteiger partial charge >= 0.3 is 0 Å². The monoisotopic (exact) mass is 289 g/mol. The Morgan fingerprint density at radius 1 is 1.32 bits per heavy atom. The number of aromatic nitrogens is 1. The van der Waals surface area contributed by atoms with Crippen LogP contribution in [-0.4, -0.2) is 13.6 Å². The summed E-state index contributed by atoms with van der Waals surface area (Å²) < 4.78 is 56.8. The topological polar surface area (TPSA) is 98.2 Å². The normalized spacial score (nSPS) is 11.7. The first kappa shape index (κ1) is 13.4. The molecule has 0 aliphatic heterocycles. The van der Waals surface area contributed by atoms with Crippen LogP contribution in [0.1, 0.15) is 5.69 Å². The van der Waals surface area contributed by atoms with Gasteiger partial charge in [0.1, 0.15) is 22.7 Å². The lowest BCUT2D eigenvalue weighted by Crippen LogP contribution is -2.24. The van der Waals surface area contributed by atoms with Gasteiger partial charge in [-0.05, 0) is 12.1 Å². The van der Waals surface area contributed by atoms with Crippen molar-refractivity contribution in [3.8, 4) is 0 Å². The number of rotatable bonds is 4. The molecule has 3 N–H and O–H groups in total. The van der Waals surface area contributed by atoms with E-state index in [-0.39, 0.29) is 6.54 Å². The summed E-state index contributed by atoms with van der Waals surface area (Å²) >= 11 is 0. The van der Waals surface area contributed by atoms with Crippen molar-refractivity contribution in [2.24, 2.45) is 0 Å². The number of nitrogens with two attached hydrogens (primary N) is 1. The van der Waals surface area contributed by atoms with E-state index in [4.69, 9.17) is 5.73 Å². The molecule has 0 unspecified atom stereocenters. The fraction of sp³-hybridized carbons (Fsp3) is 0.100. The molecule has 19 heavy (non-hydrogen) atoms. The number of hydrogen-bond acceptors (Lipinski definition) is 5. The van der Waals surface area contributed by atoms with Gasteiger partial charge in [-0.15, -0.1) is 0 Å². The van der Waals surface area contributed by atoms with Gasteiger partial charge in [0, 0.05) is 6.07 Å². The van der Waals surface area contributed by atoms with Gasteiger partial charge in [-0.25, -0.2) is 21.9 Å². The quantitative estimate of drug-likeness (QED) is 0.819. The van der Waals surface area contributed by atoms with Gasteiger partial charge in [-0.1, -0.05) is 5.16 Å². The summed E-state index contributed by atoms with van der Waals surface area (Å²) in [5.74, 6) is -2.35. The van der Waals surface area contributed by atoms with E-state index in [0.717, 1.165) is 12.1 Å². The molecule has 2 aromatic rings. The highest BCUT2D eigenvalue weighted by molar-refractivity contribution is 7.89. The summed E-state index contributed by atoms with van der Waals surface area (Å²) in [7, 11) is -4.16. The Morgan fingerprint density at radius 3 is 2.68 bits per heavy atom. The average molecular weight is 289 g/mol. The molecule has 0 radical (unpaired) electrons. The number of sulfonamides is 1. The number of anilines is 1. The summed E-state index contributed by atoms with van der Waals surface area (Å²) in [6.45, 7) is -0.185. The number of nitrogen functional groups attached to an aromatic ring is 1. The van der Waals surface area contributed by atoms with Crippen LogP contribution in [0.15, 0.2) is 33.9 Å². The fourth-order valence-corrected chi connectivity index (χ4v) is 2.42. The zero-order valence-corrected chi connectivity index (χ0v) is 10.2. The molecule has 9 heteroatoms. The Morgan fingerprint density at radius 2 is 2.05 bits per heavy atom. The van der Waals surface area contributed by atoms with E-state index in [1.165, 1.54) is 12.3 Å². The maximum absolute atomic E-state index is 13.6. The number of hydrogen-bond donors (Lipinski definition) is 2. The number of nitrogens with one attached hydrogen (secondary N) is 1. The van der Waals surface area contributed by atoms with Gasteiger partial charge in [0.05, 0.1) is 12.2 Å². The molecule has 0 amide bonds. The van der Waals surface area contributed by atoms with Crippen molar-refractivity contribution in [2.45, 2.75) is 11.4 Å². The summed E-state index contributed by atoms with van der Waals surface area (Å²) in [4.78, 5) is -0.727. The lowest BCUT2D eigenvalue weighted by atomic mass is 10.3. The first-order valence-electron chi connectivity index (χ1n) is 5.04. The number of halogens is 2. The summed E-state index contributed by atoms with van der Waals surface area (Å²) in [5, 5.41) is 3.49. The third-order valence-corrected chi connectivity index (χ3v) is 3.73. The Kier molecular flexibility index (Phi) is 3.49. The molecule has 0 bridgehead atoms. The van der Waals surface area contributed by atoms with Crippen LogP contribution < -0.4 is 10.5 Å². The van der Waals surface area contributed by atoms with E-state index in [1.807, 2.05) is 0 Å². The zero-order valence-electron chi connectivity index (χ0n) is 9.43. The van der Waals surface area contributed by atoms with E-state index in [9.17, 15) is 17.2 Å². The van der Waals surface area contributed by atoms with Gasteiger partial charge < -0.3 is 10.3 Å². The molecule has 2 rings (SSSR count). The maximum atomic E-state index is 13.6. The minimum atomic E-state index is -4.16. The second-order valence-corrected chi connectivity index (χ2v) is 5.32. The Balaban J connectivity index is 2.27. The summed E-state index contributed by atoms with van der Waals surface area (Å²) in [6.07, 6.45) is 1.26. The lowest BCUT2D eigenvalue weighted by molar-refractivity contribution is 0.411. The van der Waals surface area contributed by atoms with Crippen LogP contribution in [0.5, 0.6) is 0 Å². The molecular weight excluding hydrogens is 280 g/mol. The van der Waals surface area contributed by atoms with Crippen LogP contribution in [0.25, 0.3) is 0 Å². The highest BCUT2D eigenvalue weighted by Crippen LogP contribution is 2.22. The van der Waals surface area contributed by atoms with Crippen LogP contribution >= 0.6 is 0 Å². The smallest absolute Gasteiger partial charge is 0.243 e. The SMILES string of the molecule is Nc1c(F)ccc(S(=O)(=O)NCc2ccon2)c1F. The zero-order chi connectivity index (χ0) is 14.0. The van der Waals surface area contributed by atoms with Crippen LogP contribution in [0.4, 0.5) is 14.5 Å². The molecule has 0 saturated heterocycles. The van der Waals surface area contributed by atoms with E-state index < -0.39 is 32.2 Å². The van der Waals surface area contributed by atoms with Crippen LogP contribution in [0.2, 0.25) is 0 Å². The molecule has 0 aliphatic carbocycles. The van der Waals surface area contributed by atoms with Crippen molar-refractivity contribution >= 4 is 15.7 Å². The highest BCUT2D eigenvalue weighted by Gasteiger charge is 2.22. The maximum Gasteiger partial charge on any atom is 0.243 e. The molecule has 0 spiro atoms. The van der Waals surface area contributed by atoms with Crippen molar-refractivity contribution < 1.29 is 21.7 Å². The lowest BCUT2D eigenvalue weighted by Gasteiger charge is -2.08. The number of benzene rings is 1. The largest absolute Gasteiger partial charge is 0.394 e. The second kappa shape index (κ2) is 4.94. The number of nitrogens with zero attached hydrogens (tertiary/aromatic N) is 1. The molecule has 0 fully saturated rings. The molecule has 6 nitrogen and oxygen atoms in total. The van der Waals surface area contributed by atoms with E-state index in [2.05, 4.69) is 14.4 Å². The summed E-state index contributed by atoms with van der Waals surface area (Å²) in [5.41, 5.74) is 4.58. The van der Waals surface area contributed by atoms with Crippen molar-refractivity contribution in [3.63, 3.8) is 0 Å². The third kappa shape index (κ3) is 2.71. The van der Waals surface area contributed by atoms with Crippen molar-refractivity contribution in [1.82, 2.24) is 9.88 Å². The predicted octanol–water partition coefficient (Wildman–Crippen LogP) is 1.01. The van der Waals surface area contributed by atoms with Gasteiger partial charge in [0.15, 0.2) is 5.82 Å². The van der Waals surface area contributed by atoms with Gasteiger partial charge in [0.25, 0.3) is 0 Å². The fourth-order valence-electron chi connectivity index (χ4n) is 1.33. The molecule has 1 heterocycles. The first-order chi connectivity index (χ1) is 8.92. The Hall–Kier alpha value is -2.00. The Bertz CT molecular complexity index is 686. The molecule has 102 valence electrons. The predicted molar refractivity (Wildman–Crippen MR) is 61.3 cm³/mol. The van der Waals surface area contributed by atoms with Crippen molar-refractivity contribution in [3.05, 3.63) is 41.8 Å². The third-order valence-electron chi connectivity index (χ3n) is 2.32. The molecule has 1 aromatic heterocycles. The molecule has 0 atom stereocenters. The van der Waals surface area contributed by atoms with Crippen LogP contribution in [-0.2, 0) is 16.6 Å². The highest BCUT2D eigenvalue weighted by atomic mass is 32.2. The molecule has 0 saturated carbocycles. The van der Waals surface area contributed by atoms with E-state index in [1.54, 1.807) is 0 Å². The average Bonchev–Trinajstić information content (AvgIpc) is 2.86. The van der Waals surface area contributed by atoms with E-state index in [0.29, 0.717) is 5.69 Å². The standard InChI is InChI=1S/C10H9F2N3O3S/c11-7-1-2-8(9(12)10(7)13)19(16,17)14-5-6-3-4-18-15-6/h1-4,14H,5,13H2. The van der Waals surface area contributed by atoms with Gasteiger partial charge in [-0.2, -0.15) is 0 Å². The minimum Gasteiger partial charge on any atom is -0.394 e. The van der Waals surface area contributed by atoms with E-state index >= 15 is 0 Å². The first-order valence-corrected chi connectivity index (χ1v) is 6.52. The molecule has 0 aliphatic rings. The van der Waals surface area contributed by atoms with Crippen molar-refractivity contribution in [2.75, 3.05) is 5.73 Å². The van der Waals surface area contributed by atoms with Crippen LogP contribution in [0.3, 0.4) is 0 Å². The minimum absolute atomic E-state index is 0.185. The second-order valence-electron chi connectivity index (χ2n) is 3.59. The van der Waals surface area contributed by atoms with Gasteiger partial charge in [0.2, 0.25) is 10.0 Å². The molecular formula is C10H9F2N3O3S. The van der Waals surface area contributed by atoms with Crippen LogP contribution in [0, 0.1) is 11.6 Å².